The van der Waals surface area contributed by atoms with Crippen molar-refractivity contribution in [3.63, 3.8) is 0 Å². The van der Waals surface area contributed by atoms with E-state index in [1.54, 1.807) is 12.1 Å². The second-order valence-electron chi connectivity index (χ2n) is 4.42. The molecule has 3 heteroatoms. The predicted octanol–water partition coefficient (Wildman–Crippen LogP) is 3.23. The number of nitrogens with two attached hydrogens (primary N) is 1. The molecule has 1 aliphatic carbocycles. The van der Waals surface area contributed by atoms with Crippen molar-refractivity contribution in [1.82, 2.24) is 0 Å². The quantitative estimate of drug-likeness (QED) is 0.840. The van der Waals surface area contributed by atoms with Crippen molar-refractivity contribution >= 4 is 11.6 Å². The van der Waals surface area contributed by atoms with Gasteiger partial charge >= 0.3 is 0 Å². The molecule has 0 atom stereocenters. The van der Waals surface area contributed by atoms with Gasteiger partial charge in [0.1, 0.15) is 6.67 Å². The summed E-state index contributed by atoms with van der Waals surface area (Å²) < 4.78 is 12.3. The van der Waals surface area contributed by atoms with Crippen LogP contribution in [0.1, 0.15) is 30.4 Å². The van der Waals surface area contributed by atoms with Crippen molar-refractivity contribution in [2.24, 2.45) is 5.73 Å². The molecular weight excluding hydrogens is 213 g/mol. The number of benzene rings is 1. The van der Waals surface area contributed by atoms with Gasteiger partial charge in [0.15, 0.2) is 0 Å². The lowest BCUT2D eigenvalue weighted by Crippen LogP contribution is -2.22. The lowest BCUT2D eigenvalue weighted by molar-refractivity contribution is 0.485. The van der Waals surface area contributed by atoms with E-state index >= 15 is 0 Å². The monoisotopic (exact) mass is 227 g/mol. The topological polar surface area (TPSA) is 26.0 Å². The molecule has 82 valence electrons. The lowest BCUT2D eigenvalue weighted by atomic mass is 10.0. The van der Waals surface area contributed by atoms with Crippen molar-refractivity contribution in [1.29, 1.82) is 0 Å². The molecule has 0 bridgehead atoms. The largest absolute Gasteiger partial charge is 0.325 e. The summed E-state index contributed by atoms with van der Waals surface area (Å²) in [7, 11) is 0. The Morgan fingerprint density at radius 1 is 1.40 bits per heavy atom. The lowest BCUT2D eigenvalue weighted by Gasteiger charge is -2.09. The first kappa shape index (κ1) is 10.9. The van der Waals surface area contributed by atoms with E-state index in [0.29, 0.717) is 10.6 Å². The molecular formula is C12H15ClFN. The van der Waals surface area contributed by atoms with E-state index < -0.39 is 6.67 Å². The van der Waals surface area contributed by atoms with Gasteiger partial charge in [-0.1, -0.05) is 23.7 Å². The standard InChI is InChI=1S/C12H15ClFN/c13-11-7-9(8-14)1-2-10(11)3-4-12(15)5-6-12/h1-2,7H,3-6,8,15H2. The molecule has 1 aromatic rings. The van der Waals surface area contributed by atoms with Crippen molar-refractivity contribution in [3.8, 4) is 0 Å². The van der Waals surface area contributed by atoms with Gasteiger partial charge in [-0.2, -0.15) is 0 Å². The Morgan fingerprint density at radius 3 is 2.67 bits per heavy atom. The van der Waals surface area contributed by atoms with Crippen LogP contribution in [-0.4, -0.2) is 5.54 Å². The summed E-state index contributed by atoms with van der Waals surface area (Å²) in [6.07, 6.45) is 4.10. The van der Waals surface area contributed by atoms with Crippen LogP contribution in [0.15, 0.2) is 18.2 Å². The van der Waals surface area contributed by atoms with E-state index in [9.17, 15) is 4.39 Å². The minimum absolute atomic E-state index is 0.0576. The fourth-order valence-corrected chi connectivity index (χ4v) is 1.97. The molecule has 1 fully saturated rings. The van der Waals surface area contributed by atoms with E-state index in [2.05, 4.69) is 0 Å². The van der Waals surface area contributed by atoms with Gasteiger partial charge < -0.3 is 5.73 Å². The number of alkyl halides is 1. The first-order valence-corrected chi connectivity index (χ1v) is 5.63. The van der Waals surface area contributed by atoms with Gasteiger partial charge in [-0.3, -0.25) is 0 Å². The molecule has 0 saturated heterocycles. The van der Waals surface area contributed by atoms with E-state index in [4.69, 9.17) is 17.3 Å². The molecule has 1 nitrogen and oxygen atoms in total. The number of aryl methyl sites for hydroxylation is 1. The number of halogens is 2. The van der Waals surface area contributed by atoms with Crippen LogP contribution >= 0.6 is 11.6 Å². The Bertz CT molecular complexity index is 361. The normalized spacial score (nSPS) is 17.8. The fraction of sp³-hybridized carbons (Fsp3) is 0.500. The first-order chi connectivity index (χ1) is 7.13. The molecule has 2 N–H and O–H groups in total. The number of rotatable bonds is 4. The smallest absolute Gasteiger partial charge is 0.115 e. The van der Waals surface area contributed by atoms with E-state index in [1.165, 1.54) is 0 Å². The van der Waals surface area contributed by atoms with Crippen molar-refractivity contribution in [2.75, 3.05) is 0 Å². The van der Waals surface area contributed by atoms with Crippen LogP contribution < -0.4 is 5.73 Å². The van der Waals surface area contributed by atoms with E-state index in [0.717, 1.165) is 31.2 Å². The van der Waals surface area contributed by atoms with Crippen LogP contribution in [0.4, 0.5) is 4.39 Å². The van der Waals surface area contributed by atoms with Crippen LogP contribution in [0.5, 0.6) is 0 Å². The summed E-state index contributed by atoms with van der Waals surface area (Å²) in [5.74, 6) is 0. The van der Waals surface area contributed by atoms with Crippen LogP contribution in [0, 0.1) is 0 Å². The molecule has 0 radical (unpaired) electrons. The van der Waals surface area contributed by atoms with Crippen LogP contribution in [0.3, 0.4) is 0 Å². The van der Waals surface area contributed by atoms with Gasteiger partial charge in [-0.15, -0.1) is 0 Å². The third-order valence-electron chi connectivity index (χ3n) is 3.06. The average Bonchev–Trinajstić information content (AvgIpc) is 2.95. The molecule has 1 aliphatic rings. The minimum Gasteiger partial charge on any atom is -0.325 e. The molecule has 0 aliphatic heterocycles. The maximum Gasteiger partial charge on any atom is 0.115 e. The Morgan fingerprint density at radius 2 is 2.13 bits per heavy atom. The summed E-state index contributed by atoms with van der Waals surface area (Å²) in [6, 6.07) is 5.40. The van der Waals surface area contributed by atoms with Gasteiger partial charge in [0.2, 0.25) is 0 Å². The van der Waals surface area contributed by atoms with Crippen molar-refractivity contribution in [2.45, 2.75) is 37.9 Å². The van der Waals surface area contributed by atoms with Gasteiger partial charge in [-0.05, 0) is 42.9 Å². The van der Waals surface area contributed by atoms with Crippen LogP contribution in [0.2, 0.25) is 5.02 Å². The third-order valence-corrected chi connectivity index (χ3v) is 3.41. The second-order valence-corrected chi connectivity index (χ2v) is 4.83. The summed E-state index contributed by atoms with van der Waals surface area (Å²) in [5, 5.41) is 0.661. The zero-order valence-electron chi connectivity index (χ0n) is 8.60. The van der Waals surface area contributed by atoms with Crippen LogP contribution in [-0.2, 0) is 13.1 Å². The SMILES string of the molecule is NC1(CCc2ccc(CF)cc2Cl)CC1. The van der Waals surface area contributed by atoms with Gasteiger partial charge in [0, 0.05) is 10.6 Å². The highest BCUT2D eigenvalue weighted by Gasteiger charge is 2.37. The molecule has 0 aromatic heterocycles. The molecule has 1 saturated carbocycles. The minimum atomic E-state index is -0.458. The Labute approximate surface area is 94.4 Å². The zero-order valence-corrected chi connectivity index (χ0v) is 9.36. The fourth-order valence-electron chi connectivity index (χ4n) is 1.67. The maximum atomic E-state index is 12.3. The Kier molecular flexibility index (Phi) is 2.98. The molecule has 0 heterocycles. The van der Waals surface area contributed by atoms with E-state index in [-0.39, 0.29) is 5.54 Å². The summed E-state index contributed by atoms with van der Waals surface area (Å²) in [6.45, 7) is -0.458. The summed E-state index contributed by atoms with van der Waals surface area (Å²) in [4.78, 5) is 0. The van der Waals surface area contributed by atoms with Crippen LogP contribution in [0.25, 0.3) is 0 Å². The molecule has 1 aromatic carbocycles. The summed E-state index contributed by atoms with van der Waals surface area (Å²) in [5.41, 5.74) is 7.77. The van der Waals surface area contributed by atoms with Crippen molar-refractivity contribution in [3.05, 3.63) is 34.3 Å². The molecule has 0 spiro atoms. The highest BCUT2D eigenvalue weighted by Crippen LogP contribution is 2.37. The summed E-state index contributed by atoms with van der Waals surface area (Å²) >= 11 is 6.05. The van der Waals surface area contributed by atoms with Gasteiger partial charge in [-0.25, -0.2) is 4.39 Å². The van der Waals surface area contributed by atoms with E-state index in [1.807, 2.05) is 6.07 Å². The molecule has 2 rings (SSSR count). The third kappa shape index (κ3) is 2.70. The maximum absolute atomic E-state index is 12.3. The first-order valence-electron chi connectivity index (χ1n) is 5.25. The number of hydrogen-bond donors (Lipinski definition) is 1. The predicted molar refractivity (Wildman–Crippen MR) is 60.7 cm³/mol. The van der Waals surface area contributed by atoms with Gasteiger partial charge in [0.05, 0.1) is 0 Å². The second kappa shape index (κ2) is 4.11. The zero-order chi connectivity index (χ0) is 10.9. The molecule has 0 amide bonds. The van der Waals surface area contributed by atoms with Crippen molar-refractivity contribution < 1.29 is 4.39 Å². The van der Waals surface area contributed by atoms with Gasteiger partial charge in [0.25, 0.3) is 0 Å². The Balaban J connectivity index is 2.01. The molecule has 15 heavy (non-hydrogen) atoms. The number of hydrogen-bond acceptors (Lipinski definition) is 1. The Hall–Kier alpha value is -0.600. The molecule has 0 unspecified atom stereocenters. The highest BCUT2D eigenvalue weighted by atomic mass is 35.5. The highest BCUT2D eigenvalue weighted by molar-refractivity contribution is 6.31. The average molecular weight is 228 g/mol.